The third-order valence-corrected chi connectivity index (χ3v) is 3.69. The highest BCUT2D eigenvalue weighted by molar-refractivity contribution is 5.94. The van der Waals surface area contributed by atoms with Crippen LogP contribution in [0.1, 0.15) is 28.8 Å². The first-order valence-electron chi connectivity index (χ1n) is 8.46. The molecular formula is C18H17N5O6. The zero-order valence-electron chi connectivity index (χ0n) is 15.1. The Morgan fingerprint density at radius 2 is 1.69 bits per heavy atom. The van der Waals surface area contributed by atoms with E-state index in [-0.39, 0.29) is 35.8 Å². The van der Waals surface area contributed by atoms with E-state index in [1.165, 1.54) is 54.7 Å². The summed E-state index contributed by atoms with van der Waals surface area (Å²) in [5.41, 5.74) is 2.84. The van der Waals surface area contributed by atoms with Crippen molar-refractivity contribution in [1.29, 1.82) is 0 Å². The van der Waals surface area contributed by atoms with Crippen LogP contribution in [0.25, 0.3) is 0 Å². The highest BCUT2D eigenvalue weighted by Crippen LogP contribution is 2.13. The van der Waals surface area contributed by atoms with Crippen molar-refractivity contribution in [2.24, 2.45) is 5.10 Å². The zero-order chi connectivity index (χ0) is 21.2. The Bertz CT molecular complexity index is 942. The van der Waals surface area contributed by atoms with Gasteiger partial charge in [-0.3, -0.25) is 29.8 Å². The maximum atomic E-state index is 12.0. The van der Waals surface area contributed by atoms with Crippen molar-refractivity contribution in [2.45, 2.75) is 12.8 Å². The number of carbonyl (C=O) groups excluding carboxylic acids is 2. The van der Waals surface area contributed by atoms with Gasteiger partial charge in [-0.2, -0.15) is 5.10 Å². The first-order chi connectivity index (χ1) is 13.9. The fraction of sp³-hybridized carbons (Fsp3) is 0.167. The minimum absolute atomic E-state index is 0.0432. The van der Waals surface area contributed by atoms with Gasteiger partial charge < -0.3 is 5.32 Å². The van der Waals surface area contributed by atoms with Crippen molar-refractivity contribution in [1.82, 2.24) is 10.7 Å². The lowest BCUT2D eigenvalue weighted by molar-refractivity contribution is -0.385. The monoisotopic (exact) mass is 399 g/mol. The maximum Gasteiger partial charge on any atom is 0.270 e. The molecule has 0 heterocycles. The van der Waals surface area contributed by atoms with Crippen LogP contribution >= 0.6 is 0 Å². The highest BCUT2D eigenvalue weighted by Gasteiger charge is 2.11. The number of amides is 2. The molecule has 0 aromatic heterocycles. The van der Waals surface area contributed by atoms with Crippen LogP contribution < -0.4 is 10.7 Å². The number of nitro groups is 2. The molecule has 0 aliphatic rings. The van der Waals surface area contributed by atoms with Gasteiger partial charge in [-0.1, -0.05) is 6.07 Å². The lowest BCUT2D eigenvalue weighted by Crippen LogP contribution is -2.26. The zero-order valence-corrected chi connectivity index (χ0v) is 15.1. The third-order valence-electron chi connectivity index (χ3n) is 3.69. The van der Waals surface area contributed by atoms with E-state index in [9.17, 15) is 29.8 Å². The predicted molar refractivity (Wildman–Crippen MR) is 103 cm³/mol. The molecule has 0 fully saturated rings. The van der Waals surface area contributed by atoms with E-state index < -0.39 is 15.8 Å². The van der Waals surface area contributed by atoms with Gasteiger partial charge in [-0.05, 0) is 30.2 Å². The number of hydrogen-bond donors (Lipinski definition) is 2. The third kappa shape index (κ3) is 6.82. The fourth-order valence-corrected chi connectivity index (χ4v) is 2.23. The van der Waals surface area contributed by atoms with E-state index in [4.69, 9.17) is 0 Å². The molecular weight excluding hydrogens is 382 g/mol. The normalized spacial score (nSPS) is 10.5. The summed E-state index contributed by atoms with van der Waals surface area (Å²) in [5.74, 6) is -0.835. The number of benzene rings is 2. The average molecular weight is 399 g/mol. The Hall–Kier alpha value is -4.15. The van der Waals surface area contributed by atoms with Gasteiger partial charge in [0.05, 0.1) is 16.1 Å². The molecule has 0 saturated heterocycles. The second kappa shape index (κ2) is 10.3. The number of nitro benzene ring substituents is 2. The molecule has 0 spiro atoms. The van der Waals surface area contributed by atoms with Gasteiger partial charge in [0, 0.05) is 42.8 Å². The molecule has 0 bridgehead atoms. The fourth-order valence-electron chi connectivity index (χ4n) is 2.23. The molecule has 2 rings (SSSR count). The van der Waals surface area contributed by atoms with Crippen molar-refractivity contribution in [3.8, 4) is 0 Å². The summed E-state index contributed by atoms with van der Waals surface area (Å²) in [6.07, 6.45) is 1.80. The number of non-ortho nitro benzene ring substituents is 2. The number of rotatable bonds is 9. The molecule has 0 atom stereocenters. The molecule has 2 aromatic carbocycles. The van der Waals surface area contributed by atoms with Gasteiger partial charge in [0.2, 0.25) is 5.91 Å². The molecule has 29 heavy (non-hydrogen) atoms. The van der Waals surface area contributed by atoms with Crippen LogP contribution in [-0.2, 0) is 4.79 Å². The van der Waals surface area contributed by atoms with E-state index in [2.05, 4.69) is 15.8 Å². The average Bonchev–Trinajstić information content (AvgIpc) is 2.71. The Balaban J connectivity index is 1.70. The van der Waals surface area contributed by atoms with Crippen LogP contribution in [0.2, 0.25) is 0 Å². The Kier molecular flexibility index (Phi) is 7.48. The summed E-state index contributed by atoms with van der Waals surface area (Å²) in [4.78, 5) is 43.9. The topological polar surface area (TPSA) is 157 Å². The van der Waals surface area contributed by atoms with Gasteiger partial charge in [-0.15, -0.1) is 0 Å². The predicted octanol–water partition coefficient (Wildman–Crippen LogP) is 2.16. The molecule has 2 N–H and O–H groups in total. The summed E-state index contributed by atoms with van der Waals surface area (Å²) < 4.78 is 0. The smallest absolute Gasteiger partial charge is 0.270 e. The molecule has 0 aliphatic carbocycles. The number of nitrogens with zero attached hydrogens (tertiary/aromatic N) is 3. The number of nitrogens with one attached hydrogen (secondary N) is 2. The van der Waals surface area contributed by atoms with Crippen molar-refractivity contribution in [3.63, 3.8) is 0 Å². The van der Waals surface area contributed by atoms with Gasteiger partial charge in [0.15, 0.2) is 0 Å². The van der Waals surface area contributed by atoms with Crippen LogP contribution in [0, 0.1) is 20.2 Å². The molecule has 2 amide bonds. The first kappa shape index (κ1) is 21.2. The first-order valence-corrected chi connectivity index (χ1v) is 8.46. The summed E-state index contributed by atoms with van der Waals surface area (Å²) in [6.45, 7) is 0.209. The van der Waals surface area contributed by atoms with Crippen LogP contribution in [0.5, 0.6) is 0 Å². The highest BCUT2D eigenvalue weighted by atomic mass is 16.6. The summed E-state index contributed by atoms with van der Waals surface area (Å²) in [7, 11) is 0. The van der Waals surface area contributed by atoms with Crippen LogP contribution in [-0.4, -0.2) is 34.4 Å². The quantitative estimate of drug-likeness (QED) is 0.285. The van der Waals surface area contributed by atoms with Crippen molar-refractivity contribution in [2.75, 3.05) is 6.54 Å². The van der Waals surface area contributed by atoms with Crippen molar-refractivity contribution >= 4 is 29.4 Å². The number of carbonyl (C=O) groups is 2. The molecule has 2 aromatic rings. The molecule has 11 heteroatoms. The maximum absolute atomic E-state index is 12.0. The molecule has 150 valence electrons. The molecule has 11 nitrogen and oxygen atoms in total. The standard InChI is InChI=1S/C18H17N5O6/c24-17(21-20-12-13-6-8-15(9-7-13)22(26)27)5-2-10-19-18(25)14-3-1-4-16(11-14)23(28)29/h1,3-4,6-9,11-12H,2,5,10H2,(H,19,25)(H,21,24). The van der Waals surface area contributed by atoms with Gasteiger partial charge >= 0.3 is 0 Å². The molecule has 0 aliphatic heterocycles. The molecule has 0 radical (unpaired) electrons. The van der Waals surface area contributed by atoms with Gasteiger partial charge in [-0.25, -0.2) is 5.43 Å². The van der Waals surface area contributed by atoms with Crippen LogP contribution in [0.15, 0.2) is 53.6 Å². The lowest BCUT2D eigenvalue weighted by Gasteiger charge is -2.05. The van der Waals surface area contributed by atoms with E-state index >= 15 is 0 Å². The second-order valence-electron chi connectivity index (χ2n) is 5.81. The largest absolute Gasteiger partial charge is 0.352 e. The van der Waals surface area contributed by atoms with E-state index in [1.54, 1.807) is 0 Å². The van der Waals surface area contributed by atoms with Gasteiger partial charge in [0.25, 0.3) is 17.3 Å². The number of hydrogen-bond acceptors (Lipinski definition) is 7. The summed E-state index contributed by atoms with van der Waals surface area (Å²) in [5, 5.41) is 27.6. The minimum Gasteiger partial charge on any atom is -0.352 e. The van der Waals surface area contributed by atoms with Crippen molar-refractivity contribution < 1.29 is 19.4 Å². The van der Waals surface area contributed by atoms with E-state index in [1.807, 2.05) is 0 Å². The Morgan fingerprint density at radius 1 is 1.00 bits per heavy atom. The SMILES string of the molecule is O=C(CCCNC(=O)c1cccc([N+](=O)[O-])c1)NN=Cc1ccc([N+](=O)[O-])cc1. The molecule has 0 unspecified atom stereocenters. The second-order valence-corrected chi connectivity index (χ2v) is 5.81. The lowest BCUT2D eigenvalue weighted by atomic mass is 10.2. The minimum atomic E-state index is -0.585. The van der Waals surface area contributed by atoms with E-state index in [0.29, 0.717) is 12.0 Å². The Morgan fingerprint density at radius 3 is 2.34 bits per heavy atom. The van der Waals surface area contributed by atoms with E-state index in [0.717, 1.165) is 0 Å². The van der Waals surface area contributed by atoms with Crippen LogP contribution in [0.4, 0.5) is 11.4 Å². The van der Waals surface area contributed by atoms with Crippen LogP contribution in [0.3, 0.4) is 0 Å². The van der Waals surface area contributed by atoms with Gasteiger partial charge in [0.1, 0.15) is 0 Å². The molecule has 0 saturated carbocycles. The summed E-state index contributed by atoms with van der Waals surface area (Å²) >= 11 is 0. The summed E-state index contributed by atoms with van der Waals surface area (Å²) in [6, 6.07) is 11.0. The number of hydrazone groups is 1. The van der Waals surface area contributed by atoms with Crippen molar-refractivity contribution in [3.05, 3.63) is 79.9 Å². The Labute approximate surface area is 164 Å².